The van der Waals surface area contributed by atoms with Crippen molar-refractivity contribution in [1.82, 2.24) is 9.80 Å². The number of rotatable bonds is 17. The number of hydrogen-bond donors (Lipinski definition) is 1. The lowest BCUT2D eigenvalue weighted by Gasteiger charge is -2.42. The summed E-state index contributed by atoms with van der Waals surface area (Å²) in [5, 5.41) is 10.7. The van der Waals surface area contributed by atoms with Gasteiger partial charge in [-0.3, -0.25) is 14.4 Å². The highest BCUT2D eigenvalue weighted by molar-refractivity contribution is 6.03. The van der Waals surface area contributed by atoms with Crippen LogP contribution in [-0.4, -0.2) is 88.3 Å². The minimum atomic E-state index is -1.19. The van der Waals surface area contributed by atoms with E-state index in [2.05, 4.69) is 20.1 Å². The van der Waals surface area contributed by atoms with Crippen molar-refractivity contribution >= 4 is 23.4 Å². The van der Waals surface area contributed by atoms with E-state index in [0.717, 1.165) is 12.8 Å². The molecule has 8 atom stereocenters. The summed E-state index contributed by atoms with van der Waals surface area (Å²) in [6.45, 7) is 20.7. The average Bonchev–Trinajstić information content (AvgIpc) is 3.66. The van der Waals surface area contributed by atoms with Crippen LogP contribution in [0.3, 0.4) is 0 Å². The number of ether oxygens (including phenoxy) is 2. The molecule has 9 nitrogen and oxygen atoms in total. The Labute approximate surface area is 275 Å². The Kier molecular flexibility index (Phi) is 11.4. The number of anilines is 1. The van der Waals surface area contributed by atoms with Crippen LogP contribution in [0.25, 0.3) is 0 Å². The van der Waals surface area contributed by atoms with Crippen LogP contribution in [0.1, 0.15) is 80.1 Å². The quantitative estimate of drug-likeness (QED) is 0.231. The van der Waals surface area contributed by atoms with E-state index in [1.807, 2.05) is 58.9 Å². The molecule has 1 N–H and O–H groups in total. The van der Waals surface area contributed by atoms with Gasteiger partial charge in [-0.1, -0.05) is 52.7 Å². The van der Waals surface area contributed by atoms with E-state index < -0.39 is 35.1 Å². The molecule has 3 amide bonds. The van der Waals surface area contributed by atoms with Gasteiger partial charge in [0.2, 0.25) is 17.7 Å². The van der Waals surface area contributed by atoms with E-state index in [0.29, 0.717) is 50.3 Å². The minimum Gasteiger partial charge on any atom is -0.494 e. The van der Waals surface area contributed by atoms with Gasteiger partial charge < -0.3 is 29.3 Å². The molecule has 1 spiro atoms. The zero-order chi connectivity index (χ0) is 33.8. The van der Waals surface area contributed by atoms with Crippen LogP contribution in [-0.2, 0) is 19.1 Å². The van der Waals surface area contributed by atoms with Crippen molar-refractivity contribution in [2.75, 3.05) is 31.2 Å². The van der Waals surface area contributed by atoms with Gasteiger partial charge in [-0.05, 0) is 69.7 Å². The summed E-state index contributed by atoms with van der Waals surface area (Å²) < 4.78 is 12.7. The second kappa shape index (κ2) is 14.7. The first kappa shape index (κ1) is 35.7. The number of amides is 3. The largest absolute Gasteiger partial charge is 0.494 e. The molecule has 3 aliphatic heterocycles. The molecule has 254 valence electrons. The molecular weight excluding hydrogens is 582 g/mol. The minimum absolute atomic E-state index is 0.0759. The lowest BCUT2D eigenvalue weighted by atomic mass is 9.64. The summed E-state index contributed by atoms with van der Waals surface area (Å²) in [5.74, 6) is -1.73. The van der Waals surface area contributed by atoms with Gasteiger partial charge in [0.05, 0.1) is 36.7 Å². The number of hydrogen-bond acceptors (Lipinski definition) is 6. The van der Waals surface area contributed by atoms with Crippen molar-refractivity contribution < 1.29 is 29.0 Å². The molecule has 3 fully saturated rings. The normalized spacial score (nSPS) is 28.4. The van der Waals surface area contributed by atoms with Crippen molar-refractivity contribution in [3.05, 3.63) is 49.6 Å². The topological polar surface area (TPSA) is 99.6 Å². The summed E-state index contributed by atoms with van der Waals surface area (Å²) in [6, 6.07) is 5.71. The highest BCUT2D eigenvalue weighted by atomic mass is 16.5. The number of benzene rings is 1. The molecule has 0 aromatic heterocycles. The third-order valence-electron chi connectivity index (χ3n) is 10.8. The molecule has 0 radical (unpaired) electrons. The van der Waals surface area contributed by atoms with Gasteiger partial charge in [-0.25, -0.2) is 0 Å². The zero-order valence-corrected chi connectivity index (χ0v) is 28.7. The van der Waals surface area contributed by atoms with Crippen molar-refractivity contribution in [2.45, 2.75) is 109 Å². The van der Waals surface area contributed by atoms with E-state index in [9.17, 15) is 19.5 Å². The molecule has 4 rings (SSSR count). The Balaban J connectivity index is 1.86. The molecule has 46 heavy (non-hydrogen) atoms. The highest BCUT2D eigenvalue weighted by Gasteiger charge is 2.79. The number of aliphatic hydroxyl groups is 1. The van der Waals surface area contributed by atoms with Crippen LogP contribution >= 0.6 is 0 Å². The summed E-state index contributed by atoms with van der Waals surface area (Å²) in [5.41, 5.74) is -1.41. The maximum atomic E-state index is 14.9. The maximum absolute atomic E-state index is 14.9. The molecule has 3 unspecified atom stereocenters. The third-order valence-corrected chi connectivity index (χ3v) is 10.8. The zero-order valence-electron chi connectivity index (χ0n) is 28.7. The monoisotopic (exact) mass is 637 g/mol. The molecule has 2 bridgehead atoms. The average molecular weight is 638 g/mol. The van der Waals surface area contributed by atoms with Gasteiger partial charge in [-0.2, -0.15) is 0 Å². The number of nitrogens with zero attached hydrogens (tertiary/aromatic N) is 3. The van der Waals surface area contributed by atoms with Gasteiger partial charge in [0.15, 0.2) is 0 Å². The first-order valence-electron chi connectivity index (χ1n) is 17.3. The number of fused-ring (bicyclic) bond motifs is 1. The highest BCUT2D eigenvalue weighted by Crippen LogP contribution is 2.65. The standard InChI is InChI=1S/C37H55N3O6/c1-9-15-26(8)38(22-10-2)35(44)32-37-21-20-36(13-5,46-37)30(31(37)34(43)40(32)29(24-41)25(7)12-4)33(42)39(23-11-3)27-16-18-28(19-17-27)45-14-6/h10-11,16-19,25-26,29-32,41H,2-3,9,12-15,20-24H2,1,4-8H3/t25-,26?,29-,30-,31-,32?,36+,37?/m0/s1. The lowest BCUT2D eigenvalue weighted by Crippen LogP contribution is -2.61. The van der Waals surface area contributed by atoms with Gasteiger partial charge in [0.1, 0.15) is 17.4 Å². The molecule has 1 aromatic rings. The fourth-order valence-corrected chi connectivity index (χ4v) is 8.35. The van der Waals surface area contributed by atoms with Crippen LogP contribution in [0.2, 0.25) is 0 Å². The first-order valence-corrected chi connectivity index (χ1v) is 17.3. The van der Waals surface area contributed by atoms with E-state index in [1.54, 1.807) is 26.9 Å². The van der Waals surface area contributed by atoms with Crippen LogP contribution in [0.5, 0.6) is 5.75 Å². The first-order chi connectivity index (χ1) is 22.1. The molecule has 9 heteroatoms. The molecule has 3 heterocycles. The Morgan fingerprint density at radius 2 is 1.76 bits per heavy atom. The predicted molar refractivity (Wildman–Crippen MR) is 180 cm³/mol. The Morgan fingerprint density at radius 3 is 2.30 bits per heavy atom. The summed E-state index contributed by atoms with van der Waals surface area (Å²) in [6.07, 6.45) is 7.37. The molecule has 3 aliphatic rings. The van der Waals surface area contributed by atoms with Crippen LogP contribution in [0.15, 0.2) is 49.6 Å². The number of carbonyl (C=O) groups is 3. The van der Waals surface area contributed by atoms with Crippen LogP contribution < -0.4 is 9.64 Å². The lowest BCUT2D eigenvalue weighted by molar-refractivity contribution is -0.158. The van der Waals surface area contributed by atoms with Crippen molar-refractivity contribution in [3.63, 3.8) is 0 Å². The summed E-state index contributed by atoms with van der Waals surface area (Å²) in [4.78, 5) is 49.8. The number of aliphatic hydroxyl groups excluding tert-OH is 1. The second-order valence-corrected chi connectivity index (χ2v) is 13.3. The fraction of sp³-hybridized carbons (Fsp3) is 0.649. The van der Waals surface area contributed by atoms with E-state index in [4.69, 9.17) is 9.47 Å². The molecule has 0 saturated carbocycles. The van der Waals surface area contributed by atoms with E-state index >= 15 is 0 Å². The van der Waals surface area contributed by atoms with Crippen LogP contribution in [0.4, 0.5) is 5.69 Å². The number of likely N-dealkylation sites (tertiary alicyclic amines) is 1. The van der Waals surface area contributed by atoms with E-state index in [1.165, 1.54) is 0 Å². The Bertz CT molecular complexity index is 1270. The van der Waals surface area contributed by atoms with Crippen LogP contribution in [0, 0.1) is 17.8 Å². The SMILES string of the molecule is C=CCN(C(=O)[C@@H]1[C@H]2C(=O)N([C@@H](CO)[C@@H](C)CC)C(C(=O)N(CC=C)C(C)CCC)C23CC[C@@]1(CC)O3)c1ccc(OCC)cc1. The molecule has 3 saturated heterocycles. The van der Waals surface area contributed by atoms with Gasteiger partial charge in [0.25, 0.3) is 0 Å². The van der Waals surface area contributed by atoms with Gasteiger partial charge in [0, 0.05) is 24.8 Å². The molecule has 0 aliphatic carbocycles. The smallest absolute Gasteiger partial charge is 0.248 e. The van der Waals surface area contributed by atoms with Gasteiger partial charge >= 0.3 is 0 Å². The predicted octanol–water partition coefficient (Wildman–Crippen LogP) is 5.37. The fourth-order valence-electron chi connectivity index (χ4n) is 8.35. The van der Waals surface area contributed by atoms with E-state index in [-0.39, 0.29) is 42.8 Å². The maximum Gasteiger partial charge on any atom is 0.248 e. The Hall–Kier alpha value is -3.17. The van der Waals surface area contributed by atoms with Crippen molar-refractivity contribution in [1.29, 1.82) is 0 Å². The van der Waals surface area contributed by atoms with Crippen molar-refractivity contribution in [2.24, 2.45) is 17.8 Å². The summed E-state index contributed by atoms with van der Waals surface area (Å²) in [7, 11) is 0. The van der Waals surface area contributed by atoms with Gasteiger partial charge in [-0.15, -0.1) is 13.2 Å². The number of carbonyl (C=O) groups excluding carboxylic acids is 3. The second-order valence-electron chi connectivity index (χ2n) is 13.3. The molecule has 1 aromatic carbocycles. The third kappa shape index (κ3) is 5.89. The Morgan fingerprint density at radius 1 is 1.09 bits per heavy atom. The summed E-state index contributed by atoms with van der Waals surface area (Å²) >= 11 is 0. The van der Waals surface area contributed by atoms with Crippen molar-refractivity contribution in [3.8, 4) is 5.75 Å². The molecular formula is C37H55N3O6.